The molecular formula is C14H21N3O2. The second kappa shape index (κ2) is 6.02. The van der Waals surface area contributed by atoms with Gasteiger partial charge >= 0.3 is 0 Å². The molecule has 104 valence electrons. The lowest BCUT2D eigenvalue weighted by Gasteiger charge is -2.29. The zero-order valence-corrected chi connectivity index (χ0v) is 11.5. The quantitative estimate of drug-likeness (QED) is 0.647. The van der Waals surface area contributed by atoms with Crippen LogP contribution in [0.1, 0.15) is 31.2 Å². The molecule has 1 aromatic carbocycles. The molecule has 0 aromatic heterocycles. The van der Waals surface area contributed by atoms with Crippen LogP contribution in [-0.4, -0.2) is 24.1 Å². The van der Waals surface area contributed by atoms with Crippen LogP contribution in [0.3, 0.4) is 0 Å². The van der Waals surface area contributed by atoms with Gasteiger partial charge in [0, 0.05) is 17.6 Å². The summed E-state index contributed by atoms with van der Waals surface area (Å²) in [6.45, 7) is 1.78. The van der Waals surface area contributed by atoms with Crippen LogP contribution in [0.15, 0.2) is 18.2 Å². The fraction of sp³-hybridized carbons (Fsp3) is 0.571. The Bertz CT molecular complexity index is 454. The third-order valence-corrected chi connectivity index (χ3v) is 3.92. The van der Waals surface area contributed by atoms with Gasteiger partial charge in [-0.1, -0.05) is 12.1 Å². The molecule has 19 heavy (non-hydrogen) atoms. The highest BCUT2D eigenvalue weighted by Gasteiger charge is 2.23. The highest BCUT2D eigenvalue weighted by Crippen LogP contribution is 2.30. The molecule has 0 bridgehead atoms. The first-order chi connectivity index (χ1) is 9.11. The maximum Gasteiger partial charge on any atom is 0.295 e. The Hall–Kier alpha value is -1.62. The second-order valence-electron chi connectivity index (χ2n) is 5.21. The van der Waals surface area contributed by atoms with Crippen molar-refractivity contribution in [1.29, 1.82) is 0 Å². The summed E-state index contributed by atoms with van der Waals surface area (Å²) in [6, 6.07) is 6.37. The van der Waals surface area contributed by atoms with Gasteiger partial charge in [0.25, 0.3) is 5.69 Å². The molecule has 0 heterocycles. The minimum absolute atomic E-state index is 0.207. The summed E-state index contributed by atoms with van der Waals surface area (Å²) < 4.78 is 0. The standard InChI is InChI=1S/C14H21N3O2/c1-10-4-3-5-13(14(10)17(18)19)16-12-8-6-11(15-2)7-9-12/h3-5,11-12,15-16H,6-9H2,1-2H3. The number of hydrogen-bond donors (Lipinski definition) is 2. The second-order valence-corrected chi connectivity index (χ2v) is 5.21. The van der Waals surface area contributed by atoms with Crippen LogP contribution < -0.4 is 10.6 Å². The lowest BCUT2D eigenvalue weighted by Crippen LogP contribution is -2.35. The molecule has 0 spiro atoms. The Morgan fingerprint density at radius 1 is 1.21 bits per heavy atom. The van der Waals surface area contributed by atoms with Crippen LogP contribution in [0.5, 0.6) is 0 Å². The van der Waals surface area contributed by atoms with Gasteiger partial charge in [0.05, 0.1) is 4.92 Å². The molecule has 1 aromatic rings. The van der Waals surface area contributed by atoms with Gasteiger partial charge in [0.15, 0.2) is 0 Å². The topological polar surface area (TPSA) is 67.2 Å². The molecule has 0 saturated heterocycles. The normalized spacial score (nSPS) is 23.1. The largest absolute Gasteiger partial charge is 0.377 e. The highest BCUT2D eigenvalue weighted by atomic mass is 16.6. The smallest absolute Gasteiger partial charge is 0.295 e. The maximum atomic E-state index is 11.1. The molecule has 0 amide bonds. The predicted octanol–water partition coefficient (Wildman–Crippen LogP) is 2.85. The van der Waals surface area contributed by atoms with Crippen LogP contribution in [0.4, 0.5) is 11.4 Å². The van der Waals surface area contributed by atoms with E-state index in [9.17, 15) is 10.1 Å². The number of nitrogens with zero attached hydrogens (tertiary/aromatic N) is 1. The number of anilines is 1. The van der Waals surface area contributed by atoms with Crippen LogP contribution >= 0.6 is 0 Å². The molecule has 0 radical (unpaired) electrons. The Kier molecular flexibility index (Phi) is 4.37. The van der Waals surface area contributed by atoms with E-state index in [1.165, 1.54) is 0 Å². The number of aryl methyl sites for hydroxylation is 1. The van der Waals surface area contributed by atoms with Crippen molar-refractivity contribution < 1.29 is 4.92 Å². The zero-order chi connectivity index (χ0) is 13.8. The molecule has 1 aliphatic carbocycles. The van der Waals surface area contributed by atoms with Crippen LogP contribution in [0.2, 0.25) is 0 Å². The molecule has 5 heteroatoms. The van der Waals surface area contributed by atoms with Gasteiger partial charge in [-0.05, 0) is 45.7 Å². The van der Waals surface area contributed by atoms with E-state index in [1.807, 2.05) is 13.1 Å². The Balaban J connectivity index is 2.08. The van der Waals surface area contributed by atoms with Crippen molar-refractivity contribution in [2.24, 2.45) is 0 Å². The summed E-state index contributed by atoms with van der Waals surface area (Å²) >= 11 is 0. The summed E-state index contributed by atoms with van der Waals surface area (Å²) in [7, 11) is 1.99. The summed E-state index contributed by atoms with van der Waals surface area (Å²) in [4.78, 5) is 10.8. The monoisotopic (exact) mass is 263 g/mol. The lowest BCUT2D eigenvalue weighted by atomic mass is 9.91. The maximum absolute atomic E-state index is 11.1. The summed E-state index contributed by atoms with van der Waals surface area (Å²) in [5.41, 5.74) is 1.56. The number of nitrogens with one attached hydrogen (secondary N) is 2. The zero-order valence-electron chi connectivity index (χ0n) is 11.5. The number of nitro benzene ring substituents is 1. The molecule has 0 aliphatic heterocycles. The Morgan fingerprint density at radius 3 is 2.42 bits per heavy atom. The average molecular weight is 263 g/mol. The SMILES string of the molecule is CNC1CCC(Nc2cccc(C)c2[N+](=O)[O-])CC1. The van der Waals surface area contributed by atoms with E-state index in [4.69, 9.17) is 0 Å². The number of hydrogen-bond acceptors (Lipinski definition) is 4. The summed E-state index contributed by atoms with van der Waals surface area (Å²) in [6.07, 6.45) is 4.34. The molecule has 5 nitrogen and oxygen atoms in total. The first-order valence-electron chi connectivity index (χ1n) is 6.79. The van der Waals surface area contributed by atoms with Gasteiger partial charge in [-0.25, -0.2) is 0 Å². The van der Waals surface area contributed by atoms with Crippen LogP contribution in [-0.2, 0) is 0 Å². The van der Waals surface area contributed by atoms with E-state index in [1.54, 1.807) is 19.1 Å². The first-order valence-corrected chi connectivity index (χ1v) is 6.79. The van der Waals surface area contributed by atoms with Gasteiger partial charge in [0.2, 0.25) is 0 Å². The van der Waals surface area contributed by atoms with E-state index < -0.39 is 0 Å². The number of benzene rings is 1. The fourth-order valence-corrected chi connectivity index (χ4v) is 2.76. The number of rotatable bonds is 4. The molecule has 0 unspecified atom stereocenters. The van der Waals surface area contributed by atoms with Crippen molar-refractivity contribution >= 4 is 11.4 Å². The van der Waals surface area contributed by atoms with E-state index in [2.05, 4.69) is 10.6 Å². The summed E-state index contributed by atoms with van der Waals surface area (Å²) in [5, 5.41) is 17.8. The molecule has 1 saturated carbocycles. The minimum atomic E-state index is -0.295. The van der Waals surface area contributed by atoms with Crippen molar-refractivity contribution in [2.45, 2.75) is 44.7 Å². The Labute approximate surface area is 113 Å². The predicted molar refractivity (Wildman–Crippen MR) is 76.6 cm³/mol. The van der Waals surface area contributed by atoms with E-state index in [0.717, 1.165) is 25.7 Å². The van der Waals surface area contributed by atoms with E-state index >= 15 is 0 Å². The Morgan fingerprint density at radius 2 is 1.84 bits per heavy atom. The van der Waals surface area contributed by atoms with Crippen LogP contribution in [0, 0.1) is 17.0 Å². The number of nitro groups is 1. The minimum Gasteiger partial charge on any atom is -0.377 e. The van der Waals surface area contributed by atoms with E-state index in [-0.39, 0.29) is 10.6 Å². The molecular weight excluding hydrogens is 242 g/mol. The van der Waals surface area contributed by atoms with Gasteiger partial charge in [-0.3, -0.25) is 10.1 Å². The molecule has 2 rings (SSSR count). The molecule has 2 N–H and O–H groups in total. The van der Waals surface area contributed by atoms with Gasteiger partial charge in [0.1, 0.15) is 5.69 Å². The van der Waals surface area contributed by atoms with Crippen molar-refractivity contribution in [1.82, 2.24) is 5.32 Å². The van der Waals surface area contributed by atoms with Crippen molar-refractivity contribution in [3.05, 3.63) is 33.9 Å². The van der Waals surface area contributed by atoms with E-state index in [0.29, 0.717) is 23.3 Å². The number of para-hydroxylation sites is 1. The van der Waals surface area contributed by atoms with Crippen LogP contribution in [0.25, 0.3) is 0 Å². The third kappa shape index (κ3) is 3.23. The van der Waals surface area contributed by atoms with Crippen molar-refractivity contribution in [3.63, 3.8) is 0 Å². The third-order valence-electron chi connectivity index (χ3n) is 3.92. The fourth-order valence-electron chi connectivity index (χ4n) is 2.76. The van der Waals surface area contributed by atoms with Crippen molar-refractivity contribution in [3.8, 4) is 0 Å². The summed E-state index contributed by atoms with van der Waals surface area (Å²) in [5.74, 6) is 0. The van der Waals surface area contributed by atoms with Gasteiger partial charge < -0.3 is 10.6 Å². The average Bonchev–Trinajstić information content (AvgIpc) is 2.39. The molecule has 1 fully saturated rings. The molecule has 0 atom stereocenters. The molecule has 1 aliphatic rings. The lowest BCUT2D eigenvalue weighted by molar-refractivity contribution is -0.384. The first kappa shape index (κ1) is 13.8. The van der Waals surface area contributed by atoms with Gasteiger partial charge in [-0.2, -0.15) is 0 Å². The van der Waals surface area contributed by atoms with Crippen molar-refractivity contribution in [2.75, 3.05) is 12.4 Å². The highest BCUT2D eigenvalue weighted by molar-refractivity contribution is 5.65. The van der Waals surface area contributed by atoms with Gasteiger partial charge in [-0.15, -0.1) is 0 Å².